The molecule has 0 radical (unpaired) electrons. The van der Waals surface area contributed by atoms with Gasteiger partial charge < -0.3 is 10.2 Å². The summed E-state index contributed by atoms with van der Waals surface area (Å²) in [4.78, 5) is 2.84. The van der Waals surface area contributed by atoms with Crippen LogP contribution in [0.4, 0.5) is 0 Å². The van der Waals surface area contributed by atoms with Crippen LogP contribution in [0.5, 0.6) is 0 Å². The van der Waals surface area contributed by atoms with Crippen LogP contribution in [0.25, 0.3) is 0 Å². The Labute approximate surface area is 125 Å². The van der Waals surface area contributed by atoms with E-state index in [9.17, 15) is 0 Å². The number of hydrogen-bond donors (Lipinski definition) is 1. The lowest BCUT2D eigenvalue weighted by Gasteiger charge is -2.38. The van der Waals surface area contributed by atoms with E-state index < -0.39 is 0 Å². The van der Waals surface area contributed by atoms with Gasteiger partial charge in [0.05, 0.1) is 0 Å². The van der Waals surface area contributed by atoms with Gasteiger partial charge in [-0.3, -0.25) is 0 Å². The first-order valence-corrected chi connectivity index (χ1v) is 9.19. The van der Waals surface area contributed by atoms with Crippen molar-refractivity contribution in [3.05, 3.63) is 0 Å². The van der Waals surface area contributed by atoms with E-state index in [0.717, 1.165) is 17.9 Å². The average Bonchev–Trinajstić information content (AvgIpc) is 3.24. The number of nitrogens with zero attached hydrogens (tertiary/aromatic N) is 1. The molecule has 0 saturated heterocycles. The zero-order valence-corrected chi connectivity index (χ0v) is 13.7. The molecule has 3 aliphatic rings. The second-order valence-electron chi connectivity index (χ2n) is 7.94. The minimum atomic E-state index is 0.520. The minimum Gasteiger partial charge on any atom is -0.313 e. The number of hydrogen-bond acceptors (Lipinski definition) is 2. The summed E-state index contributed by atoms with van der Waals surface area (Å²) in [7, 11) is 0. The molecule has 3 aliphatic carbocycles. The molecule has 20 heavy (non-hydrogen) atoms. The molecule has 3 rings (SSSR count). The van der Waals surface area contributed by atoms with E-state index in [1.807, 2.05) is 0 Å². The Balaban J connectivity index is 1.54. The lowest BCUT2D eigenvalue weighted by atomic mass is 9.81. The molecule has 0 aromatic heterocycles. The van der Waals surface area contributed by atoms with Gasteiger partial charge in [-0.1, -0.05) is 13.8 Å². The smallest absolute Gasteiger partial charge is 0.00684 e. The third-order valence-corrected chi connectivity index (χ3v) is 5.83. The zero-order valence-electron chi connectivity index (χ0n) is 13.7. The van der Waals surface area contributed by atoms with Gasteiger partial charge >= 0.3 is 0 Å². The van der Waals surface area contributed by atoms with Gasteiger partial charge in [0.15, 0.2) is 0 Å². The van der Waals surface area contributed by atoms with E-state index in [1.54, 1.807) is 0 Å². The van der Waals surface area contributed by atoms with Gasteiger partial charge in [-0.15, -0.1) is 0 Å². The van der Waals surface area contributed by atoms with Crippen molar-refractivity contribution in [1.82, 2.24) is 10.2 Å². The quantitative estimate of drug-likeness (QED) is 0.620. The normalized spacial score (nSPS) is 23.6. The summed E-state index contributed by atoms with van der Waals surface area (Å²) < 4.78 is 0. The summed E-state index contributed by atoms with van der Waals surface area (Å²) in [5.74, 6) is 2.08. The molecule has 3 fully saturated rings. The van der Waals surface area contributed by atoms with Gasteiger partial charge in [0.2, 0.25) is 0 Å². The molecule has 0 heterocycles. The van der Waals surface area contributed by atoms with Gasteiger partial charge in [0.25, 0.3) is 0 Å². The van der Waals surface area contributed by atoms with Crippen molar-refractivity contribution in [2.75, 3.05) is 26.2 Å². The fourth-order valence-electron chi connectivity index (χ4n) is 3.44. The van der Waals surface area contributed by atoms with Crippen LogP contribution in [-0.4, -0.2) is 37.1 Å². The van der Waals surface area contributed by atoms with E-state index in [2.05, 4.69) is 24.1 Å². The molecule has 0 spiro atoms. The molecule has 0 atom stereocenters. The van der Waals surface area contributed by atoms with Crippen LogP contribution in [0.1, 0.15) is 65.2 Å². The monoisotopic (exact) mass is 278 g/mol. The molecule has 0 bridgehead atoms. The van der Waals surface area contributed by atoms with Crippen LogP contribution in [0.3, 0.4) is 0 Å². The lowest BCUT2D eigenvalue weighted by Crippen LogP contribution is -2.45. The van der Waals surface area contributed by atoms with Gasteiger partial charge in [-0.25, -0.2) is 0 Å². The topological polar surface area (TPSA) is 15.3 Å². The van der Waals surface area contributed by atoms with Crippen molar-refractivity contribution in [3.8, 4) is 0 Å². The first kappa shape index (κ1) is 14.8. The van der Waals surface area contributed by atoms with E-state index in [1.165, 1.54) is 77.5 Å². The fourth-order valence-corrected chi connectivity index (χ4v) is 3.44. The van der Waals surface area contributed by atoms with Crippen LogP contribution in [-0.2, 0) is 0 Å². The van der Waals surface area contributed by atoms with Gasteiger partial charge in [-0.2, -0.15) is 0 Å². The summed E-state index contributed by atoms with van der Waals surface area (Å²) in [5, 5.41) is 3.82. The fraction of sp³-hybridized carbons (Fsp3) is 1.00. The number of rotatable bonds is 11. The molecule has 2 heteroatoms. The molecular formula is C18H34N2. The lowest BCUT2D eigenvalue weighted by molar-refractivity contribution is 0.125. The Hall–Kier alpha value is -0.0800. The van der Waals surface area contributed by atoms with E-state index in [0.29, 0.717) is 5.41 Å². The summed E-state index contributed by atoms with van der Waals surface area (Å²) >= 11 is 0. The molecule has 3 saturated carbocycles. The van der Waals surface area contributed by atoms with Crippen molar-refractivity contribution in [2.24, 2.45) is 17.3 Å². The van der Waals surface area contributed by atoms with Crippen LogP contribution >= 0.6 is 0 Å². The highest BCUT2D eigenvalue weighted by Gasteiger charge is 2.35. The van der Waals surface area contributed by atoms with Crippen LogP contribution in [0, 0.1) is 17.3 Å². The van der Waals surface area contributed by atoms with Crippen LogP contribution in [0.2, 0.25) is 0 Å². The molecule has 2 nitrogen and oxygen atoms in total. The first-order chi connectivity index (χ1) is 9.73. The van der Waals surface area contributed by atoms with E-state index in [4.69, 9.17) is 0 Å². The van der Waals surface area contributed by atoms with Gasteiger partial charge in [0.1, 0.15) is 0 Å². The van der Waals surface area contributed by atoms with Crippen LogP contribution in [0.15, 0.2) is 0 Å². The Kier molecular flexibility index (Phi) is 4.72. The third kappa shape index (κ3) is 4.46. The van der Waals surface area contributed by atoms with Crippen molar-refractivity contribution < 1.29 is 0 Å². The highest BCUT2D eigenvalue weighted by Crippen LogP contribution is 2.36. The van der Waals surface area contributed by atoms with Gasteiger partial charge in [-0.05, 0) is 68.6 Å². The molecule has 0 aromatic rings. The summed E-state index contributed by atoms with van der Waals surface area (Å²) in [6.45, 7) is 10.2. The van der Waals surface area contributed by atoms with Crippen molar-refractivity contribution in [2.45, 2.75) is 71.3 Å². The second-order valence-corrected chi connectivity index (χ2v) is 7.94. The molecule has 0 aliphatic heterocycles. The molecule has 116 valence electrons. The molecule has 0 unspecified atom stereocenters. The first-order valence-electron chi connectivity index (χ1n) is 9.19. The molecule has 0 aromatic carbocycles. The second kappa shape index (κ2) is 6.36. The predicted molar refractivity (Wildman–Crippen MR) is 85.9 cm³/mol. The summed E-state index contributed by atoms with van der Waals surface area (Å²) in [6, 6.07) is 0.854. The van der Waals surface area contributed by atoms with E-state index in [-0.39, 0.29) is 0 Å². The third-order valence-electron chi connectivity index (χ3n) is 5.83. The Morgan fingerprint density at radius 3 is 1.85 bits per heavy atom. The highest BCUT2D eigenvalue weighted by atomic mass is 15.1. The van der Waals surface area contributed by atoms with Crippen molar-refractivity contribution in [1.29, 1.82) is 0 Å². The largest absolute Gasteiger partial charge is 0.313 e. The molecular weight excluding hydrogens is 244 g/mol. The maximum atomic E-state index is 3.82. The summed E-state index contributed by atoms with van der Waals surface area (Å²) in [5.41, 5.74) is 0.520. The standard InChI is InChI=1S/C18H34N2/c1-3-18(4-2,13-19-17-9-10-17)14-20(11-15-5-6-15)12-16-7-8-16/h15-17,19H,3-14H2,1-2H3. The van der Waals surface area contributed by atoms with Crippen molar-refractivity contribution in [3.63, 3.8) is 0 Å². The molecule has 1 N–H and O–H groups in total. The average molecular weight is 278 g/mol. The zero-order chi connectivity index (χ0) is 14.0. The van der Waals surface area contributed by atoms with Crippen LogP contribution < -0.4 is 5.32 Å². The summed E-state index contributed by atoms with van der Waals surface area (Å²) in [6.07, 6.45) is 11.5. The highest BCUT2D eigenvalue weighted by molar-refractivity contribution is 4.91. The Morgan fingerprint density at radius 2 is 1.45 bits per heavy atom. The SMILES string of the molecule is CCC(CC)(CNC1CC1)CN(CC1CC1)CC1CC1. The maximum Gasteiger partial charge on any atom is 0.00684 e. The maximum absolute atomic E-state index is 3.82. The van der Waals surface area contributed by atoms with E-state index >= 15 is 0 Å². The Bertz CT molecular complexity index is 285. The van der Waals surface area contributed by atoms with Crippen molar-refractivity contribution >= 4 is 0 Å². The van der Waals surface area contributed by atoms with Gasteiger partial charge in [0, 0.05) is 32.2 Å². The Morgan fingerprint density at radius 1 is 0.900 bits per heavy atom. The predicted octanol–water partition coefficient (Wildman–Crippen LogP) is 3.67. The number of nitrogens with one attached hydrogen (secondary N) is 1. The molecule has 0 amide bonds. The minimum absolute atomic E-state index is 0.520.